The van der Waals surface area contributed by atoms with Crippen molar-refractivity contribution < 1.29 is 18.0 Å². The highest BCUT2D eigenvalue weighted by Gasteiger charge is 2.30. The molecular weight excluding hydrogens is 369 g/mol. The third-order valence-electron chi connectivity index (χ3n) is 4.45. The second kappa shape index (κ2) is 7.14. The third-order valence-corrected chi connectivity index (χ3v) is 4.45. The summed E-state index contributed by atoms with van der Waals surface area (Å²) in [6.45, 7) is 3.69. The zero-order valence-electron chi connectivity index (χ0n) is 15.6. The zero-order chi connectivity index (χ0) is 20.6. The molecule has 0 fully saturated rings. The standard InChI is InChI=1S/C21H19F3N2O2/c1-12(2)25-20(28)14-6-9-16-17(11-19(27)26(3)18(16)10-14)13-4-7-15(8-5-13)21(22,23)24/h4-12H,1-3H3,(H,25,28). The minimum absolute atomic E-state index is 0.0366. The minimum atomic E-state index is -4.42. The number of carbonyl (C=O) groups is 1. The van der Waals surface area contributed by atoms with Gasteiger partial charge in [0.15, 0.2) is 0 Å². The first-order valence-corrected chi connectivity index (χ1v) is 8.70. The Kier molecular flexibility index (Phi) is 5.02. The predicted molar refractivity (Wildman–Crippen MR) is 102 cm³/mol. The van der Waals surface area contributed by atoms with Gasteiger partial charge in [0, 0.05) is 30.1 Å². The molecule has 0 aliphatic rings. The van der Waals surface area contributed by atoms with E-state index in [0.717, 1.165) is 12.1 Å². The number of rotatable bonds is 3. The molecule has 1 N–H and O–H groups in total. The lowest BCUT2D eigenvalue weighted by atomic mass is 9.98. The van der Waals surface area contributed by atoms with Crippen LogP contribution in [0.25, 0.3) is 22.0 Å². The average Bonchev–Trinajstić information content (AvgIpc) is 2.63. The Morgan fingerprint density at radius 2 is 1.68 bits per heavy atom. The quantitative estimate of drug-likeness (QED) is 0.725. The van der Waals surface area contributed by atoms with Crippen LogP contribution in [0.4, 0.5) is 13.2 Å². The van der Waals surface area contributed by atoms with E-state index in [2.05, 4.69) is 5.32 Å². The molecule has 0 aliphatic heterocycles. The molecule has 4 nitrogen and oxygen atoms in total. The van der Waals surface area contributed by atoms with Crippen LogP contribution >= 0.6 is 0 Å². The average molecular weight is 388 g/mol. The van der Waals surface area contributed by atoms with Gasteiger partial charge in [-0.25, -0.2) is 0 Å². The summed E-state index contributed by atoms with van der Waals surface area (Å²) in [5.74, 6) is -0.260. The van der Waals surface area contributed by atoms with Crippen LogP contribution in [-0.4, -0.2) is 16.5 Å². The van der Waals surface area contributed by atoms with Gasteiger partial charge < -0.3 is 9.88 Å². The lowest BCUT2D eigenvalue weighted by Gasteiger charge is -2.14. The topological polar surface area (TPSA) is 51.1 Å². The van der Waals surface area contributed by atoms with Crippen LogP contribution in [0.5, 0.6) is 0 Å². The Morgan fingerprint density at radius 3 is 2.25 bits per heavy atom. The maximum atomic E-state index is 12.8. The molecule has 0 spiro atoms. The van der Waals surface area contributed by atoms with Crippen LogP contribution in [-0.2, 0) is 13.2 Å². The summed E-state index contributed by atoms with van der Waals surface area (Å²) in [5, 5.41) is 3.46. The fraction of sp³-hybridized carbons (Fsp3) is 0.238. The van der Waals surface area contributed by atoms with E-state index in [0.29, 0.717) is 27.6 Å². The van der Waals surface area contributed by atoms with E-state index in [9.17, 15) is 22.8 Å². The van der Waals surface area contributed by atoms with E-state index in [1.165, 1.54) is 22.8 Å². The minimum Gasteiger partial charge on any atom is -0.350 e. The molecule has 1 amide bonds. The number of hydrogen-bond donors (Lipinski definition) is 1. The predicted octanol–water partition coefficient (Wildman–Crippen LogP) is 4.36. The van der Waals surface area contributed by atoms with Gasteiger partial charge in [0.2, 0.25) is 0 Å². The molecule has 0 unspecified atom stereocenters. The summed E-state index contributed by atoms with van der Waals surface area (Å²) in [5.41, 5.74) is 0.873. The number of hydrogen-bond acceptors (Lipinski definition) is 2. The molecule has 7 heteroatoms. The maximum Gasteiger partial charge on any atom is 0.416 e. The molecule has 3 aromatic rings. The smallest absolute Gasteiger partial charge is 0.350 e. The number of nitrogens with one attached hydrogen (secondary N) is 1. The number of pyridine rings is 1. The molecule has 3 rings (SSSR count). The van der Waals surface area contributed by atoms with Crippen LogP contribution in [0.2, 0.25) is 0 Å². The van der Waals surface area contributed by atoms with Gasteiger partial charge in [-0.05, 0) is 49.2 Å². The monoisotopic (exact) mass is 388 g/mol. The van der Waals surface area contributed by atoms with Crippen LogP contribution in [0.1, 0.15) is 29.8 Å². The summed E-state index contributed by atoms with van der Waals surface area (Å²) in [6, 6.07) is 11.0. The maximum absolute atomic E-state index is 12.8. The number of alkyl halides is 3. The SMILES string of the molecule is CC(C)NC(=O)c1ccc2c(-c3ccc(C(F)(F)F)cc3)cc(=O)n(C)c2c1. The molecule has 0 bridgehead atoms. The molecule has 0 saturated heterocycles. The molecule has 28 heavy (non-hydrogen) atoms. The van der Waals surface area contributed by atoms with Gasteiger partial charge in [0.05, 0.1) is 11.1 Å². The summed E-state index contributed by atoms with van der Waals surface area (Å²) >= 11 is 0. The van der Waals surface area contributed by atoms with E-state index in [1.54, 1.807) is 25.2 Å². The highest BCUT2D eigenvalue weighted by atomic mass is 19.4. The molecule has 146 valence electrons. The Bertz CT molecular complexity index is 1100. The van der Waals surface area contributed by atoms with Crippen molar-refractivity contribution in [1.29, 1.82) is 0 Å². The van der Waals surface area contributed by atoms with Crippen molar-refractivity contribution in [1.82, 2.24) is 9.88 Å². The molecule has 0 aliphatic carbocycles. The number of amides is 1. The Morgan fingerprint density at radius 1 is 1.04 bits per heavy atom. The molecule has 0 saturated carbocycles. The van der Waals surface area contributed by atoms with Gasteiger partial charge in [-0.15, -0.1) is 0 Å². The molecule has 1 aromatic heterocycles. The van der Waals surface area contributed by atoms with Crippen LogP contribution in [0.15, 0.2) is 53.3 Å². The van der Waals surface area contributed by atoms with Gasteiger partial charge in [0.25, 0.3) is 11.5 Å². The van der Waals surface area contributed by atoms with Crippen molar-refractivity contribution in [3.8, 4) is 11.1 Å². The van der Waals surface area contributed by atoms with E-state index in [4.69, 9.17) is 0 Å². The van der Waals surface area contributed by atoms with Crippen molar-refractivity contribution in [2.75, 3.05) is 0 Å². The largest absolute Gasteiger partial charge is 0.416 e. The summed E-state index contributed by atoms with van der Waals surface area (Å²) in [6.07, 6.45) is -4.42. The van der Waals surface area contributed by atoms with Gasteiger partial charge in [-0.3, -0.25) is 9.59 Å². The number of carbonyl (C=O) groups excluding carboxylic acids is 1. The first-order valence-electron chi connectivity index (χ1n) is 8.70. The third kappa shape index (κ3) is 3.78. The van der Waals surface area contributed by atoms with Gasteiger partial charge in [0.1, 0.15) is 0 Å². The molecular formula is C21H19F3N2O2. The fourth-order valence-electron chi connectivity index (χ4n) is 3.02. The number of benzene rings is 2. The second-order valence-corrected chi connectivity index (χ2v) is 6.89. The van der Waals surface area contributed by atoms with Crippen LogP contribution in [0, 0.1) is 0 Å². The molecule has 1 heterocycles. The lowest BCUT2D eigenvalue weighted by molar-refractivity contribution is -0.137. The van der Waals surface area contributed by atoms with Crippen LogP contribution < -0.4 is 10.9 Å². The van der Waals surface area contributed by atoms with Crippen molar-refractivity contribution in [3.63, 3.8) is 0 Å². The Labute approximate surface area is 159 Å². The van der Waals surface area contributed by atoms with E-state index in [1.807, 2.05) is 13.8 Å². The number of halogens is 3. The molecule has 0 radical (unpaired) electrons. The van der Waals surface area contributed by atoms with Gasteiger partial charge >= 0.3 is 6.18 Å². The van der Waals surface area contributed by atoms with Gasteiger partial charge in [-0.2, -0.15) is 13.2 Å². The Hall–Kier alpha value is -3.09. The first kappa shape index (κ1) is 19.7. The number of aromatic nitrogens is 1. The van der Waals surface area contributed by atoms with Crippen molar-refractivity contribution >= 4 is 16.8 Å². The van der Waals surface area contributed by atoms with E-state index in [-0.39, 0.29) is 17.5 Å². The Balaban J connectivity index is 2.15. The summed E-state index contributed by atoms with van der Waals surface area (Å²) in [7, 11) is 1.59. The molecule has 2 aromatic carbocycles. The van der Waals surface area contributed by atoms with Gasteiger partial charge in [-0.1, -0.05) is 18.2 Å². The lowest BCUT2D eigenvalue weighted by Crippen LogP contribution is -2.30. The number of fused-ring (bicyclic) bond motifs is 1. The second-order valence-electron chi connectivity index (χ2n) is 6.89. The van der Waals surface area contributed by atoms with E-state index < -0.39 is 11.7 Å². The highest BCUT2D eigenvalue weighted by Crippen LogP contribution is 2.33. The normalized spacial score (nSPS) is 11.8. The highest BCUT2D eigenvalue weighted by molar-refractivity contribution is 6.01. The summed E-state index contributed by atoms with van der Waals surface area (Å²) < 4.78 is 39.8. The van der Waals surface area contributed by atoms with Crippen molar-refractivity contribution in [2.24, 2.45) is 7.05 Å². The first-order chi connectivity index (χ1) is 13.1. The summed E-state index contributed by atoms with van der Waals surface area (Å²) in [4.78, 5) is 24.7. The van der Waals surface area contributed by atoms with Crippen molar-refractivity contribution in [2.45, 2.75) is 26.1 Å². The zero-order valence-corrected chi connectivity index (χ0v) is 15.6. The van der Waals surface area contributed by atoms with Crippen molar-refractivity contribution in [3.05, 3.63) is 70.0 Å². The molecule has 0 atom stereocenters. The fourth-order valence-corrected chi connectivity index (χ4v) is 3.02. The van der Waals surface area contributed by atoms with Crippen LogP contribution in [0.3, 0.4) is 0 Å². The number of nitrogens with zero attached hydrogens (tertiary/aromatic N) is 1. The van der Waals surface area contributed by atoms with E-state index >= 15 is 0 Å². The number of aryl methyl sites for hydroxylation is 1.